The van der Waals surface area contributed by atoms with Gasteiger partial charge in [0, 0.05) is 26.3 Å². The lowest BCUT2D eigenvalue weighted by Crippen LogP contribution is -2.27. The summed E-state index contributed by atoms with van der Waals surface area (Å²) in [4.78, 5) is 35.4. The molecular weight excluding hydrogens is 414 g/mol. The molecule has 1 aromatic heterocycles. The maximum absolute atomic E-state index is 12.3. The van der Waals surface area contributed by atoms with Crippen LogP contribution in [0.25, 0.3) is 0 Å². The molecule has 30 heavy (non-hydrogen) atoms. The molecule has 2 amide bonds. The first-order valence-electron chi connectivity index (χ1n) is 8.91. The first-order valence-corrected chi connectivity index (χ1v) is 10.4. The Morgan fingerprint density at radius 3 is 2.53 bits per heavy atom. The molecule has 0 radical (unpaired) electrons. The van der Waals surface area contributed by atoms with E-state index in [9.17, 15) is 22.8 Å². The molecule has 0 unspecified atom stereocenters. The van der Waals surface area contributed by atoms with Crippen LogP contribution in [0.1, 0.15) is 22.5 Å². The fourth-order valence-corrected chi connectivity index (χ4v) is 3.48. The molecule has 0 aliphatic rings. The van der Waals surface area contributed by atoms with Crippen molar-refractivity contribution in [2.24, 2.45) is 0 Å². The van der Waals surface area contributed by atoms with Gasteiger partial charge in [-0.25, -0.2) is 12.7 Å². The van der Waals surface area contributed by atoms with Crippen LogP contribution in [0, 0.1) is 6.92 Å². The number of benzene rings is 1. The molecule has 0 saturated carbocycles. The summed E-state index contributed by atoms with van der Waals surface area (Å²) in [5, 5.41) is 4.97. The number of carbonyl (C=O) groups excluding carboxylic acids is 3. The number of rotatable bonds is 9. The fraction of sp³-hybridized carbons (Fsp3) is 0.316. The topological polar surface area (TPSA) is 135 Å². The van der Waals surface area contributed by atoms with Crippen LogP contribution in [0.15, 0.2) is 45.9 Å². The zero-order valence-corrected chi connectivity index (χ0v) is 17.6. The molecule has 1 aromatic carbocycles. The first kappa shape index (κ1) is 23.1. The Bertz CT molecular complexity index is 1010. The highest BCUT2D eigenvalue weighted by Crippen LogP contribution is 2.22. The summed E-state index contributed by atoms with van der Waals surface area (Å²) in [6.07, 6.45) is 1.23. The number of nitrogens with zero attached hydrogens (tertiary/aromatic N) is 1. The van der Waals surface area contributed by atoms with Crippen LogP contribution < -0.4 is 10.6 Å². The molecule has 0 saturated heterocycles. The van der Waals surface area contributed by atoms with Crippen LogP contribution in [0.3, 0.4) is 0 Å². The Labute approximate surface area is 174 Å². The molecule has 10 nitrogen and oxygen atoms in total. The van der Waals surface area contributed by atoms with E-state index in [1.807, 2.05) is 0 Å². The van der Waals surface area contributed by atoms with Crippen LogP contribution in [-0.2, 0) is 24.3 Å². The molecule has 0 aliphatic carbocycles. The lowest BCUT2D eigenvalue weighted by molar-refractivity contribution is -0.147. The van der Waals surface area contributed by atoms with Crippen LogP contribution in [0.5, 0.6) is 0 Å². The molecular formula is C19H23N3O7S. The van der Waals surface area contributed by atoms with E-state index >= 15 is 0 Å². The van der Waals surface area contributed by atoms with Crippen molar-refractivity contribution in [3.8, 4) is 0 Å². The number of hydrogen-bond donors (Lipinski definition) is 2. The maximum Gasteiger partial charge on any atom is 0.308 e. The van der Waals surface area contributed by atoms with Gasteiger partial charge < -0.3 is 19.8 Å². The minimum Gasteiger partial charge on any atom is -0.459 e. The van der Waals surface area contributed by atoms with E-state index in [1.54, 1.807) is 25.1 Å². The van der Waals surface area contributed by atoms with Crippen molar-refractivity contribution < 1.29 is 32.0 Å². The Morgan fingerprint density at radius 2 is 1.90 bits per heavy atom. The van der Waals surface area contributed by atoms with E-state index < -0.39 is 34.4 Å². The summed E-state index contributed by atoms with van der Waals surface area (Å²) in [5.74, 6) is -1.64. The van der Waals surface area contributed by atoms with Crippen molar-refractivity contribution in [2.45, 2.75) is 18.2 Å². The number of hydrogen-bond acceptors (Lipinski definition) is 7. The number of anilines is 1. The highest BCUT2D eigenvalue weighted by Gasteiger charge is 2.20. The second-order valence-electron chi connectivity index (χ2n) is 6.46. The average molecular weight is 437 g/mol. The highest BCUT2D eigenvalue weighted by atomic mass is 32.2. The van der Waals surface area contributed by atoms with Crippen molar-refractivity contribution >= 4 is 33.5 Å². The van der Waals surface area contributed by atoms with Gasteiger partial charge in [-0.05, 0) is 36.8 Å². The number of ether oxygens (including phenoxy) is 1. The Hall–Kier alpha value is -3.18. The van der Waals surface area contributed by atoms with Gasteiger partial charge in [-0.3, -0.25) is 14.4 Å². The molecule has 2 rings (SSSR count). The number of nitrogens with one attached hydrogen (secondary N) is 2. The molecule has 11 heteroatoms. The second kappa shape index (κ2) is 10.0. The Kier molecular flexibility index (Phi) is 7.72. The van der Waals surface area contributed by atoms with Crippen molar-refractivity contribution in [1.29, 1.82) is 0 Å². The summed E-state index contributed by atoms with van der Waals surface area (Å²) in [5.41, 5.74) is 0.789. The molecule has 0 spiro atoms. The van der Waals surface area contributed by atoms with Gasteiger partial charge in [0.15, 0.2) is 12.4 Å². The predicted octanol–water partition coefficient (Wildman–Crippen LogP) is 1.14. The van der Waals surface area contributed by atoms with Gasteiger partial charge >= 0.3 is 5.97 Å². The summed E-state index contributed by atoms with van der Waals surface area (Å²) in [6, 6.07) is 7.51. The smallest absolute Gasteiger partial charge is 0.308 e. The fourth-order valence-electron chi connectivity index (χ4n) is 2.34. The molecule has 2 aromatic rings. The van der Waals surface area contributed by atoms with Gasteiger partial charge in [-0.1, -0.05) is 6.07 Å². The van der Waals surface area contributed by atoms with Crippen molar-refractivity contribution in [3.05, 3.63) is 47.9 Å². The van der Waals surface area contributed by atoms with Crippen molar-refractivity contribution in [3.63, 3.8) is 0 Å². The molecule has 1 heterocycles. The Balaban J connectivity index is 1.82. The summed E-state index contributed by atoms with van der Waals surface area (Å²) < 4.78 is 35.5. The quantitative estimate of drug-likeness (QED) is 0.562. The van der Waals surface area contributed by atoms with E-state index in [0.29, 0.717) is 5.56 Å². The van der Waals surface area contributed by atoms with Crippen LogP contribution in [-0.4, -0.2) is 57.8 Å². The third kappa shape index (κ3) is 6.16. The minimum atomic E-state index is -3.67. The van der Waals surface area contributed by atoms with Crippen LogP contribution >= 0.6 is 0 Å². The van der Waals surface area contributed by atoms with Crippen molar-refractivity contribution in [2.75, 3.05) is 32.6 Å². The minimum absolute atomic E-state index is 0.0176. The molecule has 0 bridgehead atoms. The third-order valence-electron chi connectivity index (χ3n) is 3.95. The number of aryl methyl sites for hydroxylation is 1. The van der Waals surface area contributed by atoms with Gasteiger partial charge in [0.25, 0.3) is 11.8 Å². The largest absolute Gasteiger partial charge is 0.459 e. The number of carbonyl (C=O) groups is 3. The van der Waals surface area contributed by atoms with E-state index in [1.165, 1.54) is 32.5 Å². The molecule has 2 N–H and O–H groups in total. The number of esters is 1. The van der Waals surface area contributed by atoms with Gasteiger partial charge in [0.1, 0.15) is 0 Å². The molecule has 0 aliphatic heterocycles. The number of amides is 2. The third-order valence-corrected chi connectivity index (χ3v) is 5.91. The first-order chi connectivity index (χ1) is 14.1. The zero-order chi connectivity index (χ0) is 22.3. The molecule has 162 valence electrons. The van der Waals surface area contributed by atoms with E-state index in [0.717, 1.165) is 4.31 Å². The maximum atomic E-state index is 12.3. The van der Waals surface area contributed by atoms with Gasteiger partial charge in [0.05, 0.1) is 17.6 Å². The van der Waals surface area contributed by atoms with Crippen LogP contribution in [0.4, 0.5) is 5.69 Å². The normalized spacial score (nSPS) is 11.2. The molecule has 0 atom stereocenters. The second-order valence-corrected chi connectivity index (χ2v) is 8.58. The lowest BCUT2D eigenvalue weighted by atomic mass is 10.2. The van der Waals surface area contributed by atoms with E-state index in [4.69, 9.17) is 9.15 Å². The van der Waals surface area contributed by atoms with Crippen molar-refractivity contribution in [1.82, 2.24) is 9.62 Å². The van der Waals surface area contributed by atoms with E-state index in [-0.39, 0.29) is 29.3 Å². The highest BCUT2D eigenvalue weighted by molar-refractivity contribution is 7.89. The number of furan rings is 1. The standard InChI is InChI=1S/C19H23N3O7S/c1-13-6-7-14(11-16(13)30(26,27)22(2)3)21-17(23)12-29-18(24)8-9-20-19(25)15-5-4-10-28-15/h4-7,10-11H,8-9,12H2,1-3H3,(H,20,25)(H,21,23). The summed E-state index contributed by atoms with van der Waals surface area (Å²) in [6.45, 7) is 1.12. The van der Waals surface area contributed by atoms with E-state index in [2.05, 4.69) is 10.6 Å². The Morgan fingerprint density at radius 1 is 1.17 bits per heavy atom. The number of sulfonamides is 1. The summed E-state index contributed by atoms with van der Waals surface area (Å²) in [7, 11) is -0.843. The summed E-state index contributed by atoms with van der Waals surface area (Å²) >= 11 is 0. The van der Waals surface area contributed by atoms with Gasteiger partial charge in [-0.15, -0.1) is 0 Å². The molecule has 0 fully saturated rings. The van der Waals surface area contributed by atoms with Crippen LogP contribution in [0.2, 0.25) is 0 Å². The average Bonchev–Trinajstić information content (AvgIpc) is 3.22. The van der Waals surface area contributed by atoms with Gasteiger partial charge in [-0.2, -0.15) is 0 Å². The monoisotopic (exact) mass is 437 g/mol. The zero-order valence-electron chi connectivity index (χ0n) is 16.8. The van der Waals surface area contributed by atoms with Gasteiger partial charge in [0.2, 0.25) is 10.0 Å². The lowest BCUT2D eigenvalue weighted by Gasteiger charge is -2.15. The predicted molar refractivity (Wildman–Crippen MR) is 107 cm³/mol. The SMILES string of the molecule is Cc1ccc(NC(=O)COC(=O)CCNC(=O)c2ccco2)cc1S(=O)(=O)N(C)C.